The van der Waals surface area contributed by atoms with E-state index in [0.717, 1.165) is 22.2 Å². The lowest BCUT2D eigenvalue weighted by Gasteiger charge is -2.20. The van der Waals surface area contributed by atoms with E-state index < -0.39 is 6.04 Å². The van der Waals surface area contributed by atoms with Crippen molar-refractivity contribution < 1.29 is 9.59 Å². The van der Waals surface area contributed by atoms with Crippen molar-refractivity contribution in [1.82, 2.24) is 10.2 Å². The van der Waals surface area contributed by atoms with Gasteiger partial charge in [0.15, 0.2) is 5.17 Å². The summed E-state index contributed by atoms with van der Waals surface area (Å²) in [6.07, 6.45) is 1.21. The van der Waals surface area contributed by atoms with Crippen LogP contribution in [0.15, 0.2) is 4.99 Å². The van der Waals surface area contributed by atoms with Gasteiger partial charge in [-0.3, -0.25) is 14.5 Å². The van der Waals surface area contributed by atoms with Gasteiger partial charge in [0, 0.05) is 18.3 Å². The average molecular weight is 255 g/mol. The van der Waals surface area contributed by atoms with Crippen LogP contribution in [0, 0.1) is 0 Å². The highest BCUT2D eigenvalue weighted by molar-refractivity contribution is 8.14. The molecule has 2 rings (SSSR count). The van der Waals surface area contributed by atoms with Crippen LogP contribution in [-0.2, 0) is 9.59 Å². The Bertz CT molecular complexity index is 396. The SMILES string of the molecule is CCC1(C)CSC(=NC2CC(=O)N(C)C2=O)N1. The van der Waals surface area contributed by atoms with Crippen LogP contribution in [-0.4, -0.2) is 46.3 Å². The highest BCUT2D eigenvalue weighted by Gasteiger charge is 2.38. The molecule has 2 atom stereocenters. The Labute approximate surface area is 105 Å². The van der Waals surface area contributed by atoms with Gasteiger partial charge < -0.3 is 5.32 Å². The highest BCUT2D eigenvalue weighted by atomic mass is 32.2. The molecular formula is C11H17N3O2S. The fraction of sp³-hybridized carbons (Fsp3) is 0.727. The molecule has 5 nitrogen and oxygen atoms in total. The molecule has 0 spiro atoms. The van der Waals surface area contributed by atoms with Crippen LogP contribution in [0.1, 0.15) is 26.7 Å². The number of carbonyl (C=O) groups excluding carboxylic acids is 2. The third-order valence-electron chi connectivity index (χ3n) is 3.35. The zero-order valence-electron chi connectivity index (χ0n) is 10.3. The summed E-state index contributed by atoms with van der Waals surface area (Å²) in [5.74, 6) is 0.605. The number of hydrogen-bond acceptors (Lipinski definition) is 4. The van der Waals surface area contributed by atoms with Crippen molar-refractivity contribution in [3.05, 3.63) is 0 Å². The largest absolute Gasteiger partial charge is 0.359 e. The van der Waals surface area contributed by atoms with Gasteiger partial charge in [0.1, 0.15) is 6.04 Å². The lowest BCUT2D eigenvalue weighted by atomic mass is 10.0. The third-order valence-corrected chi connectivity index (χ3v) is 4.61. The standard InChI is InChI=1S/C11H17N3O2S/c1-4-11(2)6-17-10(13-11)12-7-5-8(15)14(3)9(7)16/h7H,4-6H2,1-3H3,(H,12,13). The predicted molar refractivity (Wildman–Crippen MR) is 67.9 cm³/mol. The molecule has 1 N–H and O–H groups in total. The van der Waals surface area contributed by atoms with Crippen LogP contribution in [0.2, 0.25) is 0 Å². The molecule has 17 heavy (non-hydrogen) atoms. The summed E-state index contributed by atoms with van der Waals surface area (Å²) in [4.78, 5) is 28.6. The topological polar surface area (TPSA) is 61.8 Å². The van der Waals surface area contributed by atoms with Gasteiger partial charge in [-0.1, -0.05) is 18.7 Å². The van der Waals surface area contributed by atoms with E-state index in [4.69, 9.17) is 0 Å². The van der Waals surface area contributed by atoms with Gasteiger partial charge in [-0.05, 0) is 13.3 Å². The first-order valence-corrected chi connectivity index (χ1v) is 6.73. The molecule has 0 saturated carbocycles. The van der Waals surface area contributed by atoms with E-state index in [2.05, 4.69) is 24.2 Å². The zero-order chi connectivity index (χ0) is 12.6. The van der Waals surface area contributed by atoms with Crippen LogP contribution >= 0.6 is 11.8 Å². The number of aliphatic imine (C=N–C) groups is 1. The van der Waals surface area contributed by atoms with E-state index >= 15 is 0 Å². The molecule has 0 aromatic rings. The van der Waals surface area contributed by atoms with Crippen molar-refractivity contribution >= 4 is 28.7 Å². The molecule has 2 aliphatic heterocycles. The number of likely N-dealkylation sites (N-methyl/N-ethyl adjacent to an activating group) is 1. The van der Waals surface area contributed by atoms with Crippen LogP contribution < -0.4 is 5.32 Å². The van der Waals surface area contributed by atoms with Gasteiger partial charge in [-0.25, -0.2) is 4.99 Å². The predicted octanol–water partition coefficient (Wildman–Crippen LogP) is 0.605. The van der Waals surface area contributed by atoms with Crippen LogP contribution in [0.4, 0.5) is 0 Å². The second-order valence-corrected chi connectivity index (χ2v) is 5.74. The van der Waals surface area contributed by atoms with E-state index in [1.807, 2.05) is 0 Å². The monoisotopic (exact) mass is 255 g/mol. The summed E-state index contributed by atoms with van der Waals surface area (Å²) < 4.78 is 0. The van der Waals surface area contributed by atoms with E-state index in [0.29, 0.717) is 0 Å². The Kier molecular flexibility index (Phi) is 3.16. The Morgan fingerprint density at radius 2 is 2.29 bits per heavy atom. The summed E-state index contributed by atoms with van der Waals surface area (Å²) in [5.41, 5.74) is 0.0566. The molecule has 2 unspecified atom stereocenters. The Morgan fingerprint density at radius 3 is 2.76 bits per heavy atom. The Hall–Kier alpha value is -1.04. The first-order chi connectivity index (χ1) is 7.95. The number of hydrogen-bond donors (Lipinski definition) is 1. The molecule has 2 heterocycles. The normalized spacial score (nSPS) is 35.8. The smallest absolute Gasteiger partial charge is 0.254 e. The number of nitrogens with one attached hydrogen (secondary N) is 1. The maximum absolute atomic E-state index is 11.7. The van der Waals surface area contributed by atoms with Gasteiger partial charge >= 0.3 is 0 Å². The average Bonchev–Trinajstić information content (AvgIpc) is 2.78. The van der Waals surface area contributed by atoms with E-state index in [-0.39, 0.29) is 23.8 Å². The lowest BCUT2D eigenvalue weighted by Crippen LogP contribution is -2.40. The molecule has 0 aromatic carbocycles. The van der Waals surface area contributed by atoms with Gasteiger partial charge in [0.05, 0.1) is 6.42 Å². The molecule has 0 radical (unpaired) electrons. The minimum atomic E-state index is -0.526. The maximum Gasteiger partial charge on any atom is 0.254 e. The zero-order valence-corrected chi connectivity index (χ0v) is 11.1. The van der Waals surface area contributed by atoms with Crippen LogP contribution in [0.3, 0.4) is 0 Å². The number of amidine groups is 1. The number of carbonyl (C=O) groups is 2. The molecule has 2 aliphatic rings. The van der Waals surface area contributed by atoms with Gasteiger partial charge in [0.2, 0.25) is 5.91 Å². The summed E-state index contributed by atoms with van der Waals surface area (Å²) >= 11 is 1.62. The Morgan fingerprint density at radius 1 is 1.59 bits per heavy atom. The summed E-state index contributed by atoms with van der Waals surface area (Å²) in [6.45, 7) is 4.25. The summed E-state index contributed by atoms with van der Waals surface area (Å²) in [6, 6.07) is -0.526. The van der Waals surface area contributed by atoms with Gasteiger partial charge in [-0.2, -0.15) is 0 Å². The molecule has 0 bridgehead atoms. The molecule has 6 heteroatoms. The van der Waals surface area contributed by atoms with Gasteiger partial charge in [0.25, 0.3) is 5.91 Å². The van der Waals surface area contributed by atoms with Crippen LogP contribution in [0.25, 0.3) is 0 Å². The van der Waals surface area contributed by atoms with E-state index in [1.54, 1.807) is 11.8 Å². The van der Waals surface area contributed by atoms with Crippen molar-refractivity contribution in [1.29, 1.82) is 0 Å². The Balaban J connectivity index is 2.07. The van der Waals surface area contributed by atoms with Crippen LogP contribution in [0.5, 0.6) is 0 Å². The number of likely N-dealkylation sites (tertiary alicyclic amines) is 1. The number of thioether (sulfide) groups is 1. The number of amides is 2. The summed E-state index contributed by atoms with van der Waals surface area (Å²) in [5, 5.41) is 4.11. The van der Waals surface area contributed by atoms with Crippen molar-refractivity contribution in [2.45, 2.75) is 38.3 Å². The molecular weight excluding hydrogens is 238 g/mol. The van der Waals surface area contributed by atoms with Crippen molar-refractivity contribution in [2.75, 3.05) is 12.8 Å². The second-order valence-electron chi connectivity index (χ2n) is 4.77. The van der Waals surface area contributed by atoms with E-state index in [9.17, 15) is 9.59 Å². The van der Waals surface area contributed by atoms with Crippen molar-refractivity contribution in [3.63, 3.8) is 0 Å². The third kappa shape index (κ3) is 2.31. The van der Waals surface area contributed by atoms with Crippen molar-refractivity contribution in [2.24, 2.45) is 4.99 Å². The number of nitrogens with zero attached hydrogens (tertiary/aromatic N) is 2. The minimum absolute atomic E-state index is 0.0566. The quantitative estimate of drug-likeness (QED) is 0.734. The first-order valence-electron chi connectivity index (χ1n) is 5.74. The molecule has 2 amide bonds. The fourth-order valence-corrected chi connectivity index (χ4v) is 3.05. The molecule has 0 aromatic heterocycles. The van der Waals surface area contributed by atoms with Crippen molar-refractivity contribution in [3.8, 4) is 0 Å². The van der Waals surface area contributed by atoms with Gasteiger partial charge in [-0.15, -0.1) is 0 Å². The number of rotatable bonds is 2. The molecule has 94 valence electrons. The molecule has 2 fully saturated rings. The number of imide groups is 1. The fourth-order valence-electron chi connectivity index (χ4n) is 1.80. The molecule has 0 aliphatic carbocycles. The minimum Gasteiger partial charge on any atom is -0.359 e. The highest BCUT2D eigenvalue weighted by Crippen LogP contribution is 2.27. The summed E-state index contributed by atoms with van der Waals surface area (Å²) in [7, 11) is 1.51. The maximum atomic E-state index is 11.7. The first kappa shape index (κ1) is 12.4. The van der Waals surface area contributed by atoms with E-state index in [1.165, 1.54) is 7.05 Å². The molecule has 2 saturated heterocycles. The second kappa shape index (κ2) is 4.33. The lowest BCUT2D eigenvalue weighted by molar-refractivity contribution is -0.136.